The number of nitrogens with two attached hydrogens (primary N) is 1. The molecule has 5 rings (SSSR count). The Morgan fingerprint density at radius 1 is 1.08 bits per heavy atom. The number of nitrogens with zero attached hydrogens (tertiary/aromatic N) is 1. The third kappa shape index (κ3) is 2.35. The van der Waals surface area contributed by atoms with E-state index in [1.807, 2.05) is 42.5 Å². The Labute approximate surface area is 154 Å². The lowest BCUT2D eigenvalue weighted by Crippen LogP contribution is -2.12. The molecule has 1 aliphatic carbocycles. The molecular weight excluding hydrogens is 342 g/mol. The van der Waals surface area contributed by atoms with E-state index >= 15 is 0 Å². The first-order chi connectivity index (χ1) is 12.7. The summed E-state index contributed by atoms with van der Waals surface area (Å²) in [5.41, 5.74) is 10.1. The van der Waals surface area contributed by atoms with Crippen molar-refractivity contribution in [3.05, 3.63) is 64.7 Å². The zero-order valence-electron chi connectivity index (χ0n) is 14.1. The van der Waals surface area contributed by atoms with Crippen molar-refractivity contribution in [1.82, 2.24) is 4.98 Å². The number of hydrogen-bond donors (Lipinski definition) is 2. The molecule has 0 unspecified atom stereocenters. The summed E-state index contributed by atoms with van der Waals surface area (Å²) in [5.74, 6) is -0.179. The minimum absolute atomic E-state index is 0.179. The molecule has 1 aliphatic rings. The van der Waals surface area contributed by atoms with Crippen LogP contribution in [0.25, 0.3) is 21.0 Å². The molecule has 26 heavy (non-hydrogen) atoms. The number of pyridine rings is 1. The number of fused-ring (bicyclic) bond motifs is 3. The van der Waals surface area contributed by atoms with Crippen LogP contribution in [0.2, 0.25) is 0 Å². The van der Waals surface area contributed by atoms with Crippen LogP contribution in [0.5, 0.6) is 0 Å². The Morgan fingerprint density at radius 2 is 1.92 bits per heavy atom. The molecule has 0 bridgehead atoms. The van der Waals surface area contributed by atoms with Crippen LogP contribution < -0.4 is 11.1 Å². The Kier molecular flexibility index (Phi) is 3.43. The van der Waals surface area contributed by atoms with Crippen molar-refractivity contribution < 1.29 is 4.79 Å². The Bertz CT molecular complexity index is 1170. The second kappa shape index (κ2) is 5.81. The lowest BCUT2D eigenvalue weighted by atomic mass is 10.1. The number of carbonyl (C=O) groups is 1. The molecule has 2 aromatic heterocycles. The van der Waals surface area contributed by atoms with Crippen LogP contribution in [0, 0.1) is 0 Å². The van der Waals surface area contributed by atoms with Gasteiger partial charge in [0.2, 0.25) is 0 Å². The number of aryl methyl sites for hydroxylation is 2. The zero-order valence-corrected chi connectivity index (χ0v) is 14.9. The maximum absolute atomic E-state index is 12.9. The summed E-state index contributed by atoms with van der Waals surface area (Å²) in [4.78, 5) is 19.0. The molecule has 0 aliphatic heterocycles. The third-order valence-electron chi connectivity index (χ3n) is 4.99. The van der Waals surface area contributed by atoms with Crippen molar-refractivity contribution in [2.24, 2.45) is 0 Å². The van der Waals surface area contributed by atoms with Crippen LogP contribution in [0.3, 0.4) is 0 Å². The number of nitrogens with one attached hydrogen (secondary N) is 1. The molecular formula is C21H17N3OS. The highest BCUT2D eigenvalue weighted by Gasteiger charge is 2.21. The maximum Gasteiger partial charge on any atom is 0.267 e. The number of hydrogen-bond acceptors (Lipinski definition) is 4. The smallest absolute Gasteiger partial charge is 0.267 e. The van der Waals surface area contributed by atoms with E-state index < -0.39 is 0 Å². The van der Waals surface area contributed by atoms with E-state index in [2.05, 4.69) is 11.4 Å². The van der Waals surface area contributed by atoms with Gasteiger partial charge < -0.3 is 11.1 Å². The molecule has 1 amide bonds. The van der Waals surface area contributed by atoms with Gasteiger partial charge in [0.05, 0.1) is 5.69 Å². The van der Waals surface area contributed by atoms with Gasteiger partial charge >= 0.3 is 0 Å². The largest absolute Gasteiger partial charge is 0.397 e. The minimum Gasteiger partial charge on any atom is -0.397 e. The van der Waals surface area contributed by atoms with E-state index in [4.69, 9.17) is 10.7 Å². The fourth-order valence-electron chi connectivity index (χ4n) is 3.68. The Balaban J connectivity index is 1.55. The van der Waals surface area contributed by atoms with Crippen LogP contribution in [0.4, 0.5) is 11.4 Å². The molecule has 0 atom stereocenters. The van der Waals surface area contributed by atoms with Crippen molar-refractivity contribution in [2.45, 2.75) is 19.3 Å². The van der Waals surface area contributed by atoms with E-state index in [-0.39, 0.29) is 5.91 Å². The second-order valence-corrected chi connectivity index (χ2v) is 7.63. The van der Waals surface area contributed by atoms with Gasteiger partial charge in [-0.3, -0.25) is 4.79 Å². The van der Waals surface area contributed by atoms with Crippen LogP contribution in [-0.4, -0.2) is 10.9 Å². The van der Waals surface area contributed by atoms with Crippen molar-refractivity contribution in [3.63, 3.8) is 0 Å². The molecule has 0 saturated carbocycles. The quantitative estimate of drug-likeness (QED) is 0.541. The summed E-state index contributed by atoms with van der Waals surface area (Å²) in [5, 5.41) is 6.03. The predicted molar refractivity (Wildman–Crippen MR) is 108 cm³/mol. The van der Waals surface area contributed by atoms with Crippen molar-refractivity contribution in [1.29, 1.82) is 0 Å². The van der Waals surface area contributed by atoms with Crippen molar-refractivity contribution in [2.75, 3.05) is 11.1 Å². The number of nitrogen functional groups attached to an aromatic ring is 1. The topological polar surface area (TPSA) is 68.0 Å². The summed E-state index contributed by atoms with van der Waals surface area (Å²) in [6.07, 6.45) is 3.21. The zero-order chi connectivity index (χ0) is 17.7. The average molecular weight is 359 g/mol. The molecule has 0 saturated heterocycles. The summed E-state index contributed by atoms with van der Waals surface area (Å²) < 4.78 is 0. The molecule has 2 aromatic carbocycles. The highest BCUT2D eigenvalue weighted by Crippen LogP contribution is 2.36. The molecule has 128 valence electrons. The number of carbonyl (C=O) groups excluding carboxylic acids is 1. The minimum atomic E-state index is -0.179. The van der Waals surface area contributed by atoms with Gasteiger partial charge in [-0.05, 0) is 42.3 Å². The number of amides is 1. The lowest BCUT2D eigenvalue weighted by Gasteiger charge is -2.08. The van der Waals surface area contributed by atoms with Gasteiger partial charge in [0.1, 0.15) is 9.71 Å². The number of thiophene rings is 1. The summed E-state index contributed by atoms with van der Waals surface area (Å²) >= 11 is 1.37. The standard InChI is InChI=1S/C21H17N3OS/c22-18-15-11-13-7-4-9-16(13)24-21(15)26-19(18)20(25)23-17-10-3-6-12-5-1-2-8-14(12)17/h1-3,5-6,8,10-11H,4,7,9,22H2,(H,23,25). The average Bonchev–Trinajstić information content (AvgIpc) is 3.24. The number of benzene rings is 2. The van der Waals surface area contributed by atoms with Gasteiger partial charge in [0, 0.05) is 22.2 Å². The first kappa shape index (κ1) is 15.3. The van der Waals surface area contributed by atoms with E-state index in [0.29, 0.717) is 10.6 Å². The second-order valence-electron chi connectivity index (χ2n) is 6.63. The molecule has 5 heteroatoms. The monoisotopic (exact) mass is 359 g/mol. The van der Waals surface area contributed by atoms with Crippen molar-refractivity contribution in [3.8, 4) is 0 Å². The van der Waals surface area contributed by atoms with E-state index in [0.717, 1.165) is 51.6 Å². The molecule has 2 heterocycles. The fourth-order valence-corrected chi connectivity index (χ4v) is 4.67. The number of anilines is 2. The van der Waals surface area contributed by atoms with Crippen LogP contribution in [0.1, 0.15) is 27.3 Å². The van der Waals surface area contributed by atoms with E-state index in [1.54, 1.807) is 0 Å². The summed E-state index contributed by atoms with van der Waals surface area (Å²) in [7, 11) is 0. The van der Waals surface area contributed by atoms with Crippen LogP contribution in [-0.2, 0) is 12.8 Å². The third-order valence-corrected chi connectivity index (χ3v) is 6.11. The fraction of sp³-hybridized carbons (Fsp3) is 0.143. The highest BCUT2D eigenvalue weighted by molar-refractivity contribution is 7.21. The van der Waals surface area contributed by atoms with Crippen LogP contribution >= 0.6 is 11.3 Å². The van der Waals surface area contributed by atoms with Gasteiger partial charge in [-0.25, -0.2) is 4.98 Å². The molecule has 3 N–H and O–H groups in total. The molecule has 0 fully saturated rings. The van der Waals surface area contributed by atoms with Crippen LogP contribution in [0.15, 0.2) is 48.5 Å². The Morgan fingerprint density at radius 3 is 2.85 bits per heavy atom. The molecule has 0 radical (unpaired) electrons. The number of rotatable bonds is 2. The molecule has 4 nitrogen and oxygen atoms in total. The normalized spacial score (nSPS) is 13.2. The maximum atomic E-state index is 12.9. The van der Waals surface area contributed by atoms with Gasteiger partial charge in [-0.15, -0.1) is 11.3 Å². The highest BCUT2D eigenvalue weighted by atomic mass is 32.1. The van der Waals surface area contributed by atoms with E-state index in [1.165, 1.54) is 16.9 Å². The van der Waals surface area contributed by atoms with E-state index in [9.17, 15) is 4.79 Å². The van der Waals surface area contributed by atoms with Crippen molar-refractivity contribution >= 4 is 49.6 Å². The van der Waals surface area contributed by atoms with Gasteiger partial charge in [-0.1, -0.05) is 36.4 Å². The summed E-state index contributed by atoms with van der Waals surface area (Å²) in [6.45, 7) is 0. The van der Waals surface area contributed by atoms with Gasteiger partial charge in [-0.2, -0.15) is 0 Å². The summed E-state index contributed by atoms with van der Waals surface area (Å²) in [6, 6.07) is 16.0. The lowest BCUT2D eigenvalue weighted by molar-refractivity contribution is 0.103. The predicted octanol–water partition coefficient (Wildman–Crippen LogP) is 4.77. The first-order valence-electron chi connectivity index (χ1n) is 8.70. The molecule has 4 aromatic rings. The van der Waals surface area contributed by atoms with Gasteiger partial charge in [0.15, 0.2) is 0 Å². The van der Waals surface area contributed by atoms with Gasteiger partial charge in [0.25, 0.3) is 5.91 Å². The number of aromatic nitrogens is 1. The molecule has 0 spiro atoms. The SMILES string of the molecule is Nc1c(C(=O)Nc2cccc3ccccc23)sc2nc3c(cc12)CCC3. The first-order valence-corrected chi connectivity index (χ1v) is 9.52. The Hall–Kier alpha value is -2.92.